The maximum atomic E-state index is 6.23. The van der Waals surface area contributed by atoms with Gasteiger partial charge in [-0.2, -0.15) is 5.06 Å². The van der Waals surface area contributed by atoms with E-state index in [9.17, 15) is 0 Å². The van der Waals surface area contributed by atoms with Gasteiger partial charge in [-0.3, -0.25) is 0 Å². The Balaban J connectivity index is 1.44. The van der Waals surface area contributed by atoms with Crippen LogP contribution in [-0.2, 0) is 11.3 Å². The summed E-state index contributed by atoms with van der Waals surface area (Å²) in [5.41, 5.74) is 14.6. The van der Waals surface area contributed by atoms with Gasteiger partial charge in [0, 0.05) is 43.5 Å². The molecule has 0 bridgehead atoms. The predicted octanol–water partition coefficient (Wildman–Crippen LogP) is 7.92. The van der Waals surface area contributed by atoms with Gasteiger partial charge in [0.2, 0.25) is 0 Å². The highest BCUT2D eigenvalue weighted by Gasteiger charge is 2.44. The highest BCUT2D eigenvalue weighted by Crippen LogP contribution is 2.52. The van der Waals surface area contributed by atoms with Gasteiger partial charge in [-0.15, -0.1) is 0 Å². The van der Waals surface area contributed by atoms with Crippen molar-refractivity contribution < 1.29 is 4.84 Å². The summed E-state index contributed by atoms with van der Waals surface area (Å²) in [6.07, 6.45) is 22.6. The SMILES string of the molecule is C=C(N)c1ccc2c(c1)N(CC1CCC1C(/C=C/CN(C)OC)CCC)CC1(CCCC3=C1C=CC(C)C3)CC2. The van der Waals surface area contributed by atoms with E-state index in [1.165, 1.54) is 69.0 Å². The number of hydrogen-bond donors (Lipinski definition) is 1. The van der Waals surface area contributed by atoms with Crippen LogP contribution in [0, 0.1) is 29.1 Å². The number of hydrogen-bond acceptors (Lipinski definition) is 4. The number of hydroxylamine groups is 2. The van der Waals surface area contributed by atoms with Crippen LogP contribution in [0.4, 0.5) is 5.69 Å². The number of allylic oxidation sites excluding steroid dienone is 4. The zero-order valence-electron chi connectivity index (χ0n) is 25.6. The van der Waals surface area contributed by atoms with Crippen LogP contribution >= 0.6 is 0 Å². The minimum atomic E-state index is 0.260. The molecule has 0 radical (unpaired) electrons. The average molecular weight is 544 g/mol. The normalized spacial score (nSPS) is 28.9. The molecule has 1 aliphatic heterocycles. The fraction of sp³-hybridized carbons (Fsp3) is 0.611. The molecule has 1 spiro atoms. The summed E-state index contributed by atoms with van der Waals surface area (Å²) in [4.78, 5) is 8.14. The van der Waals surface area contributed by atoms with Crippen molar-refractivity contribution in [2.75, 3.05) is 38.7 Å². The number of fused-ring (bicyclic) bond motifs is 2. The van der Waals surface area contributed by atoms with Crippen LogP contribution in [0.5, 0.6) is 0 Å². The molecule has 1 aromatic carbocycles. The standard InChI is InChI=1S/C36H53N3O/c1-6-9-28(11-8-21-38(4)40-5)33-16-15-32(33)24-39-25-36(19-7-10-31-22-26(2)12-17-34(31)36)20-18-29-13-14-30(27(3)37)23-35(29)39/h8,11-14,17,23,26,28,32-33H,3,6-7,9-10,15-16,18-22,24-25,37H2,1-2,4-5H3/b11-8+. The zero-order valence-corrected chi connectivity index (χ0v) is 25.6. The van der Waals surface area contributed by atoms with E-state index in [1.54, 1.807) is 18.3 Å². The molecule has 0 amide bonds. The molecule has 1 saturated carbocycles. The Labute approximate surface area is 244 Å². The maximum absolute atomic E-state index is 6.23. The number of likely N-dealkylation sites (N-methyl/N-ethyl adjacent to an activating group) is 1. The van der Waals surface area contributed by atoms with E-state index in [0.717, 1.165) is 43.5 Å². The molecule has 40 heavy (non-hydrogen) atoms. The van der Waals surface area contributed by atoms with Crippen LogP contribution in [0.15, 0.2) is 60.2 Å². The van der Waals surface area contributed by atoms with Crippen LogP contribution in [0.1, 0.15) is 82.8 Å². The molecule has 4 aliphatic rings. The molecular weight excluding hydrogens is 490 g/mol. The molecule has 3 aliphatic carbocycles. The molecule has 218 valence electrons. The first-order chi connectivity index (χ1) is 19.3. The van der Waals surface area contributed by atoms with Crippen LogP contribution in [-0.4, -0.2) is 38.9 Å². The second-order valence-electron chi connectivity index (χ2n) is 13.3. The zero-order chi connectivity index (χ0) is 28.3. The van der Waals surface area contributed by atoms with Crippen LogP contribution in [0.25, 0.3) is 5.70 Å². The average Bonchev–Trinajstić information content (AvgIpc) is 3.08. The van der Waals surface area contributed by atoms with Crippen LogP contribution < -0.4 is 10.6 Å². The first-order valence-electron chi connectivity index (χ1n) is 16.0. The van der Waals surface area contributed by atoms with Gasteiger partial charge in [0.15, 0.2) is 0 Å². The quantitative estimate of drug-likeness (QED) is 0.240. The minimum Gasteiger partial charge on any atom is -0.399 e. The van der Waals surface area contributed by atoms with Gasteiger partial charge in [-0.25, -0.2) is 0 Å². The Hall–Kier alpha value is -2.30. The summed E-state index contributed by atoms with van der Waals surface area (Å²) in [6, 6.07) is 6.89. The Morgan fingerprint density at radius 2 is 2.12 bits per heavy atom. The van der Waals surface area contributed by atoms with Gasteiger partial charge in [-0.05, 0) is 104 Å². The van der Waals surface area contributed by atoms with E-state index in [0.29, 0.717) is 17.5 Å². The van der Waals surface area contributed by atoms with Crippen molar-refractivity contribution in [2.24, 2.45) is 34.8 Å². The molecule has 4 heteroatoms. The first-order valence-corrected chi connectivity index (χ1v) is 16.0. The third kappa shape index (κ3) is 6.14. The van der Waals surface area contributed by atoms with E-state index in [1.807, 2.05) is 12.1 Å². The largest absolute Gasteiger partial charge is 0.399 e. The van der Waals surface area contributed by atoms with Crippen LogP contribution in [0.3, 0.4) is 0 Å². The molecule has 4 nitrogen and oxygen atoms in total. The third-order valence-corrected chi connectivity index (χ3v) is 10.6. The van der Waals surface area contributed by atoms with Gasteiger partial charge in [-0.1, -0.05) is 68.9 Å². The number of nitrogens with two attached hydrogens (primary N) is 1. The van der Waals surface area contributed by atoms with E-state index < -0.39 is 0 Å². The molecule has 1 heterocycles. The Morgan fingerprint density at radius 3 is 2.85 bits per heavy atom. The summed E-state index contributed by atoms with van der Waals surface area (Å²) in [5.74, 6) is 2.81. The molecule has 2 N–H and O–H groups in total. The Kier molecular flexibility index (Phi) is 9.27. The number of benzene rings is 1. The van der Waals surface area contributed by atoms with Crippen molar-refractivity contribution in [1.82, 2.24) is 5.06 Å². The lowest BCUT2D eigenvalue weighted by Gasteiger charge is -2.48. The van der Waals surface area contributed by atoms with Crippen molar-refractivity contribution in [3.63, 3.8) is 0 Å². The second-order valence-corrected chi connectivity index (χ2v) is 13.3. The second kappa shape index (κ2) is 12.7. The van der Waals surface area contributed by atoms with Gasteiger partial charge in [0.25, 0.3) is 0 Å². The Bertz CT molecular complexity index is 1150. The Morgan fingerprint density at radius 1 is 1.27 bits per heavy atom. The molecule has 0 aromatic heterocycles. The maximum Gasteiger partial charge on any atom is 0.0575 e. The smallest absolute Gasteiger partial charge is 0.0575 e. The molecule has 0 saturated heterocycles. The van der Waals surface area contributed by atoms with Crippen molar-refractivity contribution in [3.8, 4) is 0 Å². The summed E-state index contributed by atoms with van der Waals surface area (Å²) >= 11 is 0. The fourth-order valence-corrected chi connectivity index (χ4v) is 8.18. The number of rotatable bonds is 10. The van der Waals surface area contributed by atoms with Crippen molar-refractivity contribution in [2.45, 2.75) is 78.1 Å². The first kappa shape index (κ1) is 29.2. The third-order valence-electron chi connectivity index (χ3n) is 10.6. The molecule has 5 atom stereocenters. The van der Waals surface area contributed by atoms with E-state index in [2.05, 4.69) is 67.8 Å². The summed E-state index contributed by atoms with van der Waals surface area (Å²) in [5, 5.41) is 1.89. The van der Waals surface area contributed by atoms with Crippen LogP contribution in [0.2, 0.25) is 0 Å². The monoisotopic (exact) mass is 543 g/mol. The van der Waals surface area contributed by atoms with Crippen molar-refractivity contribution in [3.05, 3.63) is 71.4 Å². The van der Waals surface area contributed by atoms with Crippen molar-refractivity contribution >= 4 is 11.4 Å². The number of nitrogens with zero attached hydrogens (tertiary/aromatic N) is 2. The number of aryl methyl sites for hydroxylation is 1. The van der Waals surface area contributed by atoms with E-state index >= 15 is 0 Å². The van der Waals surface area contributed by atoms with Gasteiger partial charge in [0.05, 0.1) is 7.11 Å². The number of anilines is 1. The van der Waals surface area contributed by atoms with E-state index in [-0.39, 0.29) is 5.41 Å². The highest BCUT2D eigenvalue weighted by atomic mass is 16.7. The lowest BCUT2D eigenvalue weighted by atomic mass is 9.63. The van der Waals surface area contributed by atoms with Crippen molar-refractivity contribution in [1.29, 1.82) is 0 Å². The predicted molar refractivity (Wildman–Crippen MR) is 170 cm³/mol. The van der Waals surface area contributed by atoms with Gasteiger partial charge >= 0.3 is 0 Å². The summed E-state index contributed by atoms with van der Waals surface area (Å²) in [6.45, 7) is 11.9. The fourth-order valence-electron chi connectivity index (χ4n) is 8.18. The molecule has 5 unspecified atom stereocenters. The van der Waals surface area contributed by atoms with Gasteiger partial charge < -0.3 is 15.5 Å². The topological polar surface area (TPSA) is 41.7 Å². The molecule has 5 rings (SSSR count). The summed E-state index contributed by atoms with van der Waals surface area (Å²) < 4.78 is 0. The lowest BCUT2D eigenvalue weighted by molar-refractivity contribution is -0.0993. The highest BCUT2D eigenvalue weighted by molar-refractivity contribution is 5.68. The lowest BCUT2D eigenvalue weighted by Crippen LogP contribution is -2.46. The minimum absolute atomic E-state index is 0.260. The van der Waals surface area contributed by atoms with Gasteiger partial charge in [0.1, 0.15) is 0 Å². The molecule has 1 aromatic rings. The molecular formula is C36H53N3O. The summed E-state index contributed by atoms with van der Waals surface area (Å²) in [7, 11) is 3.74. The molecule has 1 fully saturated rings. The van der Waals surface area contributed by atoms with E-state index in [4.69, 9.17) is 10.6 Å².